The van der Waals surface area contributed by atoms with Gasteiger partial charge in [-0.25, -0.2) is 0 Å². The third-order valence-electron chi connectivity index (χ3n) is 2.70. The first-order valence-corrected chi connectivity index (χ1v) is 5.06. The summed E-state index contributed by atoms with van der Waals surface area (Å²) in [7, 11) is 0. The van der Waals surface area contributed by atoms with Crippen molar-refractivity contribution in [1.82, 2.24) is 4.90 Å². The van der Waals surface area contributed by atoms with Gasteiger partial charge in [0, 0.05) is 12.5 Å². The predicted octanol–water partition coefficient (Wildman–Crippen LogP) is 1.77. The van der Waals surface area contributed by atoms with Gasteiger partial charge in [0.2, 0.25) is 5.91 Å². The van der Waals surface area contributed by atoms with E-state index in [1.54, 1.807) is 0 Å². The molecule has 1 unspecified atom stereocenters. The molecule has 1 fully saturated rings. The summed E-state index contributed by atoms with van der Waals surface area (Å²) in [4.78, 5) is 13.2. The number of rotatable bonds is 4. The standard InChI is InChI=1S/C10H19NO2/c1-4-9(3)13-7-11-8(2)5-6-10(11)12/h8-9H,4-7H2,1-3H3/t8-,9?/m1/s1. The molecule has 1 rings (SSSR count). The van der Waals surface area contributed by atoms with Crippen LogP contribution in [-0.4, -0.2) is 29.7 Å². The third kappa shape index (κ3) is 2.69. The highest BCUT2D eigenvalue weighted by atomic mass is 16.5. The van der Waals surface area contributed by atoms with E-state index < -0.39 is 0 Å². The van der Waals surface area contributed by atoms with Gasteiger partial charge in [-0.3, -0.25) is 4.79 Å². The zero-order valence-corrected chi connectivity index (χ0v) is 8.75. The largest absolute Gasteiger partial charge is 0.358 e. The molecule has 0 N–H and O–H groups in total. The summed E-state index contributed by atoms with van der Waals surface area (Å²) in [6.07, 6.45) is 2.91. The van der Waals surface area contributed by atoms with Crippen LogP contribution in [0.5, 0.6) is 0 Å². The minimum Gasteiger partial charge on any atom is -0.358 e. The number of carbonyl (C=O) groups excluding carboxylic acids is 1. The molecule has 2 atom stereocenters. The van der Waals surface area contributed by atoms with E-state index in [9.17, 15) is 4.79 Å². The topological polar surface area (TPSA) is 29.5 Å². The van der Waals surface area contributed by atoms with Gasteiger partial charge in [-0.1, -0.05) is 6.92 Å². The van der Waals surface area contributed by atoms with E-state index >= 15 is 0 Å². The summed E-state index contributed by atoms with van der Waals surface area (Å²) in [6.45, 7) is 6.66. The molecule has 1 aliphatic rings. The van der Waals surface area contributed by atoms with Crippen molar-refractivity contribution in [3.05, 3.63) is 0 Å². The Hall–Kier alpha value is -0.570. The maximum Gasteiger partial charge on any atom is 0.224 e. The van der Waals surface area contributed by atoms with E-state index in [-0.39, 0.29) is 12.0 Å². The molecular formula is C10H19NO2. The van der Waals surface area contributed by atoms with Crippen LogP contribution in [-0.2, 0) is 9.53 Å². The van der Waals surface area contributed by atoms with Crippen molar-refractivity contribution in [2.45, 2.75) is 52.2 Å². The number of amides is 1. The van der Waals surface area contributed by atoms with Crippen LogP contribution in [0.1, 0.15) is 40.0 Å². The maximum atomic E-state index is 11.3. The van der Waals surface area contributed by atoms with Crippen LogP contribution in [0.25, 0.3) is 0 Å². The minimum atomic E-state index is 0.232. The predicted molar refractivity (Wildman–Crippen MR) is 51.2 cm³/mol. The summed E-state index contributed by atoms with van der Waals surface area (Å²) < 4.78 is 5.52. The van der Waals surface area contributed by atoms with Crippen molar-refractivity contribution in [2.24, 2.45) is 0 Å². The number of hydrogen-bond donors (Lipinski definition) is 0. The second-order valence-electron chi connectivity index (χ2n) is 3.77. The van der Waals surface area contributed by atoms with Gasteiger partial charge in [0.1, 0.15) is 6.73 Å². The highest BCUT2D eigenvalue weighted by Gasteiger charge is 2.27. The van der Waals surface area contributed by atoms with Crippen LogP contribution in [0.2, 0.25) is 0 Å². The summed E-state index contributed by atoms with van der Waals surface area (Å²) in [6, 6.07) is 0.358. The monoisotopic (exact) mass is 185 g/mol. The van der Waals surface area contributed by atoms with Crippen molar-refractivity contribution in [3.8, 4) is 0 Å². The van der Waals surface area contributed by atoms with Crippen molar-refractivity contribution >= 4 is 5.91 Å². The highest BCUT2D eigenvalue weighted by Crippen LogP contribution is 2.17. The first-order valence-electron chi connectivity index (χ1n) is 5.06. The molecule has 0 aliphatic carbocycles. The van der Waals surface area contributed by atoms with Crippen molar-refractivity contribution < 1.29 is 9.53 Å². The van der Waals surface area contributed by atoms with Crippen LogP contribution in [0.3, 0.4) is 0 Å². The molecule has 3 heteroatoms. The van der Waals surface area contributed by atoms with Crippen LogP contribution in [0.15, 0.2) is 0 Å². The van der Waals surface area contributed by atoms with E-state index in [0.29, 0.717) is 19.2 Å². The number of likely N-dealkylation sites (tertiary alicyclic amines) is 1. The zero-order chi connectivity index (χ0) is 9.84. The fraction of sp³-hybridized carbons (Fsp3) is 0.900. The molecule has 76 valence electrons. The molecule has 1 heterocycles. The Morgan fingerprint density at radius 3 is 2.85 bits per heavy atom. The number of hydrogen-bond acceptors (Lipinski definition) is 2. The Morgan fingerprint density at radius 2 is 2.38 bits per heavy atom. The molecule has 3 nitrogen and oxygen atoms in total. The van der Waals surface area contributed by atoms with Crippen LogP contribution in [0, 0.1) is 0 Å². The molecule has 1 aliphatic heterocycles. The summed E-state index contributed by atoms with van der Waals surface area (Å²) in [5.74, 6) is 0.232. The highest BCUT2D eigenvalue weighted by molar-refractivity contribution is 5.78. The molecule has 1 saturated heterocycles. The van der Waals surface area contributed by atoms with Gasteiger partial charge in [0.15, 0.2) is 0 Å². The van der Waals surface area contributed by atoms with E-state index in [1.807, 2.05) is 11.8 Å². The second-order valence-corrected chi connectivity index (χ2v) is 3.77. The molecule has 1 amide bonds. The lowest BCUT2D eigenvalue weighted by molar-refractivity contribution is -0.136. The molecule has 0 spiro atoms. The maximum absolute atomic E-state index is 11.3. The Balaban J connectivity index is 2.31. The summed E-state index contributed by atoms with van der Waals surface area (Å²) in [5, 5.41) is 0. The summed E-state index contributed by atoms with van der Waals surface area (Å²) in [5.41, 5.74) is 0. The minimum absolute atomic E-state index is 0.232. The summed E-state index contributed by atoms with van der Waals surface area (Å²) >= 11 is 0. The van der Waals surface area contributed by atoms with Gasteiger partial charge < -0.3 is 9.64 Å². The normalized spacial score (nSPS) is 25.3. The molecule has 0 aromatic rings. The van der Waals surface area contributed by atoms with Crippen molar-refractivity contribution in [1.29, 1.82) is 0 Å². The number of carbonyl (C=O) groups is 1. The van der Waals surface area contributed by atoms with Gasteiger partial charge >= 0.3 is 0 Å². The molecular weight excluding hydrogens is 166 g/mol. The lowest BCUT2D eigenvalue weighted by Crippen LogP contribution is -2.34. The van der Waals surface area contributed by atoms with E-state index in [0.717, 1.165) is 12.8 Å². The quantitative estimate of drug-likeness (QED) is 0.668. The van der Waals surface area contributed by atoms with Gasteiger partial charge in [0.05, 0.1) is 6.10 Å². The number of nitrogens with zero attached hydrogens (tertiary/aromatic N) is 1. The van der Waals surface area contributed by atoms with Gasteiger partial charge in [-0.15, -0.1) is 0 Å². The zero-order valence-electron chi connectivity index (χ0n) is 8.75. The van der Waals surface area contributed by atoms with Gasteiger partial charge in [-0.05, 0) is 26.7 Å². The average Bonchev–Trinajstić information content (AvgIpc) is 2.43. The Labute approximate surface area is 80.1 Å². The first-order chi connectivity index (χ1) is 6.15. The molecule has 0 saturated carbocycles. The fourth-order valence-electron chi connectivity index (χ4n) is 1.40. The smallest absolute Gasteiger partial charge is 0.224 e. The lowest BCUT2D eigenvalue weighted by Gasteiger charge is -2.23. The first kappa shape index (κ1) is 10.5. The van der Waals surface area contributed by atoms with Crippen LogP contribution in [0.4, 0.5) is 0 Å². The van der Waals surface area contributed by atoms with Gasteiger partial charge in [0.25, 0.3) is 0 Å². The Morgan fingerprint density at radius 1 is 1.69 bits per heavy atom. The third-order valence-corrected chi connectivity index (χ3v) is 2.70. The lowest BCUT2D eigenvalue weighted by atomic mass is 10.2. The van der Waals surface area contributed by atoms with Gasteiger partial charge in [-0.2, -0.15) is 0 Å². The molecule has 0 radical (unpaired) electrons. The van der Waals surface area contributed by atoms with Crippen LogP contribution < -0.4 is 0 Å². The molecule has 0 aromatic carbocycles. The molecule has 13 heavy (non-hydrogen) atoms. The molecule has 0 aromatic heterocycles. The Bertz CT molecular complexity index is 182. The fourth-order valence-corrected chi connectivity index (χ4v) is 1.40. The molecule has 0 bridgehead atoms. The van der Waals surface area contributed by atoms with E-state index in [2.05, 4.69) is 13.8 Å². The van der Waals surface area contributed by atoms with Crippen LogP contribution >= 0.6 is 0 Å². The van der Waals surface area contributed by atoms with E-state index in [1.165, 1.54) is 0 Å². The Kier molecular flexibility index (Phi) is 3.72. The SMILES string of the molecule is CCC(C)OCN1C(=O)CC[C@H]1C. The van der Waals surface area contributed by atoms with Crippen molar-refractivity contribution in [2.75, 3.05) is 6.73 Å². The number of ether oxygens (including phenoxy) is 1. The second kappa shape index (κ2) is 4.61. The van der Waals surface area contributed by atoms with E-state index in [4.69, 9.17) is 4.74 Å². The van der Waals surface area contributed by atoms with Crippen molar-refractivity contribution in [3.63, 3.8) is 0 Å². The average molecular weight is 185 g/mol.